The number of furan rings is 1. The molecule has 0 amide bonds. The van der Waals surface area contributed by atoms with Gasteiger partial charge in [0.1, 0.15) is 35.8 Å². The van der Waals surface area contributed by atoms with Gasteiger partial charge in [0.2, 0.25) is 0 Å². The second-order valence-electron chi connectivity index (χ2n) is 9.47. The molecule has 38 heavy (non-hydrogen) atoms. The van der Waals surface area contributed by atoms with Gasteiger partial charge in [0.15, 0.2) is 11.2 Å². The first-order chi connectivity index (χ1) is 18.0. The summed E-state index contributed by atoms with van der Waals surface area (Å²) in [5.74, 6) is 0.651. The van der Waals surface area contributed by atoms with E-state index in [1.807, 2.05) is 49.3 Å². The van der Waals surface area contributed by atoms with Crippen molar-refractivity contribution in [1.29, 1.82) is 5.26 Å². The van der Waals surface area contributed by atoms with Gasteiger partial charge in [-0.15, -0.1) is 0 Å². The number of nitriles is 1. The van der Waals surface area contributed by atoms with Crippen molar-refractivity contribution in [1.82, 2.24) is 4.72 Å². The van der Waals surface area contributed by atoms with Crippen LogP contribution in [0, 0.1) is 11.3 Å². The number of allylic oxidation sites excluding steroid dienone is 2. The molecule has 1 aliphatic heterocycles. The van der Waals surface area contributed by atoms with Crippen LogP contribution in [0.15, 0.2) is 57.9 Å². The number of hydrogen-bond acceptors (Lipinski definition) is 9. The number of nitrogens with one attached hydrogen (secondary N) is 1. The first-order valence-corrected chi connectivity index (χ1v) is 13.6. The minimum absolute atomic E-state index is 0.0374. The lowest BCUT2D eigenvalue weighted by Crippen LogP contribution is -2.63. The van der Waals surface area contributed by atoms with Crippen molar-refractivity contribution >= 4 is 32.1 Å². The maximum atomic E-state index is 13.1. The SMILES string of the molecule is CC[C@H]1OC(O)[C@H](NS(=O)(=O)/C(C#N)=C(\C)c2ccc(-c3ccc4cc(N(C)C)ccc4c3)o2)[C@@H](O)[C@@H]1O. The highest BCUT2D eigenvalue weighted by atomic mass is 32.2. The number of nitrogens with zero attached hydrogens (tertiary/aromatic N) is 2. The van der Waals surface area contributed by atoms with Crippen molar-refractivity contribution in [2.24, 2.45) is 0 Å². The predicted molar refractivity (Wildman–Crippen MR) is 143 cm³/mol. The lowest BCUT2D eigenvalue weighted by atomic mass is 9.96. The Morgan fingerprint density at radius 2 is 1.74 bits per heavy atom. The third-order valence-electron chi connectivity index (χ3n) is 6.73. The maximum absolute atomic E-state index is 13.1. The van der Waals surface area contributed by atoms with E-state index in [2.05, 4.69) is 10.8 Å². The fraction of sp³-hybridized carbons (Fsp3) is 0.370. The highest BCUT2D eigenvalue weighted by molar-refractivity contribution is 7.93. The first kappa shape index (κ1) is 27.8. The van der Waals surface area contributed by atoms with Gasteiger partial charge in [-0.1, -0.05) is 25.1 Å². The second-order valence-corrected chi connectivity index (χ2v) is 11.1. The molecule has 1 fully saturated rings. The average molecular weight is 542 g/mol. The molecule has 11 heteroatoms. The van der Waals surface area contributed by atoms with Crippen LogP contribution in [0.1, 0.15) is 26.0 Å². The maximum Gasteiger partial charge on any atom is 0.251 e. The summed E-state index contributed by atoms with van der Waals surface area (Å²) in [5, 5.41) is 42.6. The van der Waals surface area contributed by atoms with Crippen LogP contribution in [-0.2, 0) is 14.8 Å². The number of hydrogen-bond donors (Lipinski definition) is 4. The molecular formula is C27H31N3O7S. The molecule has 0 radical (unpaired) electrons. The molecule has 2 heterocycles. The molecular weight excluding hydrogens is 510 g/mol. The van der Waals surface area contributed by atoms with Gasteiger partial charge >= 0.3 is 0 Å². The number of aliphatic hydroxyl groups excluding tert-OH is 3. The molecule has 10 nitrogen and oxygen atoms in total. The summed E-state index contributed by atoms with van der Waals surface area (Å²) in [7, 11) is -0.592. The van der Waals surface area contributed by atoms with Crippen molar-refractivity contribution in [2.75, 3.05) is 19.0 Å². The number of sulfonamides is 1. The lowest BCUT2D eigenvalue weighted by Gasteiger charge is -2.40. The molecule has 202 valence electrons. The summed E-state index contributed by atoms with van der Waals surface area (Å²) in [5.41, 5.74) is 1.89. The molecule has 0 saturated carbocycles. The summed E-state index contributed by atoms with van der Waals surface area (Å²) in [4.78, 5) is 1.36. The summed E-state index contributed by atoms with van der Waals surface area (Å²) < 4.78 is 39.5. The van der Waals surface area contributed by atoms with Gasteiger partial charge in [-0.05, 0) is 54.4 Å². The minimum Gasteiger partial charge on any atom is -0.456 e. The smallest absolute Gasteiger partial charge is 0.251 e. The number of anilines is 1. The molecule has 1 unspecified atom stereocenters. The Hall–Kier alpha value is -3.24. The molecule has 0 aliphatic carbocycles. The van der Waals surface area contributed by atoms with Crippen molar-refractivity contribution in [3.63, 3.8) is 0 Å². The second kappa shape index (κ2) is 10.9. The van der Waals surface area contributed by atoms with Crippen LogP contribution in [0.3, 0.4) is 0 Å². The molecule has 3 aromatic rings. The summed E-state index contributed by atoms with van der Waals surface area (Å²) in [6.07, 6.45) is -5.34. The van der Waals surface area contributed by atoms with Gasteiger partial charge in [-0.25, -0.2) is 8.42 Å². The molecule has 1 aliphatic rings. The summed E-state index contributed by atoms with van der Waals surface area (Å²) in [6, 6.07) is 15.3. The molecule has 1 saturated heterocycles. The Kier molecular flexibility index (Phi) is 7.94. The van der Waals surface area contributed by atoms with Gasteiger partial charge in [-0.2, -0.15) is 9.98 Å². The standard InChI is InChI=1S/C27H31N3O7S/c1-5-20-25(31)26(32)24(27(33)37-20)29-38(34,35)23(14-28)15(2)21-10-11-22(36-21)18-7-6-17-13-19(30(3)4)9-8-16(17)12-18/h6-13,20,24-27,29,31-33H,5H2,1-4H3/b23-15+/t20-,24-,25-,26-,27?/m1/s1. The number of benzene rings is 2. The molecule has 1 aromatic heterocycles. The third-order valence-corrected chi connectivity index (χ3v) is 8.24. The largest absolute Gasteiger partial charge is 0.456 e. The Balaban J connectivity index is 1.61. The summed E-state index contributed by atoms with van der Waals surface area (Å²) >= 11 is 0. The van der Waals surface area contributed by atoms with Crippen LogP contribution in [0.4, 0.5) is 5.69 Å². The monoisotopic (exact) mass is 541 g/mol. The van der Waals surface area contributed by atoms with E-state index in [9.17, 15) is 29.0 Å². The molecule has 2 aromatic carbocycles. The minimum atomic E-state index is -4.53. The van der Waals surface area contributed by atoms with E-state index in [1.54, 1.807) is 25.1 Å². The first-order valence-electron chi connectivity index (χ1n) is 12.1. The van der Waals surface area contributed by atoms with Crippen LogP contribution in [-0.4, -0.2) is 68.5 Å². The van der Waals surface area contributed by atoms with Crippen LogP contribution < -0.4 is 9.62 Å². The number of ether oxygens (including phenoxy) is 1. The zero-order chi connectivity index (χ0) is 27.8. The van der Waals surface area contributed by atoms with Gasteiger partial charge in [0, 0.05) is 30.9 Å². The number of fused-ring (bicyclic) bond motifs is 1. The lowest BCUT2D eigenvalue weighted by molar-refractivity contribution is -0.244. The molecule has 0 spiro atoms. The number of aliphatic hydroxyl groups is 3. The summed E-state index contributed by atoms with van der Waals surface area (Å²) in [6.45, 7) is 3.12. The quantitative estimate of drug-likeness (QED) is 0.330. The Bertz CT molecular complexity index is 1510. The van der Waals surface area contributed by atoms with Crippen molar-refractivity contribution < 1.29 is 32.9 Å². The fourth-order valence-corrected chi connectivity index (χ4v) is 5.82. The Labute approximate surface area is 221 Å². The van der Waals surface area contributed by atoms with E-state index in [-0.39, 0.29) is 11.3 Å². The van der Waals surface area contributed by atoms with E-state index < -0.39 is 45.6 Å². The van der Waals surface area contributed by atoms with E-state index in [4.69, 9.17) is 9.15 Å². The zero-order valence-electron chi connectivity index (χ0n) is 21.5. The van der Waals surface area contributed by atoms with Crippen molar-refractivity contribution in [3.8, 4) is 17.4 Å². The highest BCUT2D eigenvalue weighted by Gasteiger charge is 2.45. The van der Waals surface area contributed by atoms with E-state index in [0.717, 1.165) is 22.0 Å². The van der Waals surface area contributed by atoms with Crippen molar-refractivity contribution in [2.45, 2.75) is 50.9 Å². The van der Waals surface area contributed by atoms with E-state index >= 15 is 0 Å². The van der Waals surface area contributed by atoms with Gasteiger partial charge in [-0.3, -0.25) is 0 Å². The fourth-order valence-electron chi connectivity index (χ4n) is 4.47. The van der Waals surface area contributed by atoms with Crippen LogP contribution in [0.25, 0.3) is 27.7 Å². The zero-order valence-corrected chi connectivity index (χ0v) is 22.3. The third kappa shape index (κ3) is 5.33. The predicted octanol–water partition coefficient (Wildman–Crippen LogP) is 2.56. The molecule has 0 bridgehead atoms. The van der Waals surface area contributed by atoms with E-state index in [1.165, 1.54) is 6.92 Å². The van der Waals surface area contributed by atoms with Gasteiger partial charge in [0.05, 0.1) is 6.10 Å². The van der Waals surface area contributed by atoms with Crippen molar-refractivity contribution in [3.05, 3.63) is 59.2 Å². The topological polar surface area (TPSA) is 156 Å². The molecule has 5 atom stereocenters. The van der Waals surface area contributed by atoms with Crippen LogP contribution >= 0.6 is 0 Å². The van der Waals surface area contributed by atoms with E-state index in [0.29, 0.717) is 12.2 Å². The molecule has 4 rings (SSSR count). The van der Waals surface area contributed by atoms with Gasteiger partial charge in [0.25, 0.3) is 10.0 Å². The van der Waals surface area contributed by atoms with Crippen LogP contribution in [0.2, 0.25) is 0 Å². The molecule has 4 N–H and O–H groups in total. The van der Waals surface area contributed by atoms with Crippen LogP contribution in [0.5, 0.6) is 0 Å². The average Bonchev–Trinajstić information content (AvgIpc) is 3.38. The van der Waals surface area contributed by atoms with Gasteiger partial charge < -0.3 is 29.4 Å². The Morgan fingerprint density at radius 1 is 1.05 bits per heavy atom. The number of rotatable bonds is 7. The normalized spacial score (nSPS) is 24.6. The highest BCUT2D eigenvalue weighted by Crippen LogP contribution is 2.32. The Morgan fingerprint density at radius 3 is 2.39 bits per heavy atom.